The van der Waals surface area contributed by atoms with E-state index in [0.29, 0.717) is 6.04 Å². The number of halogens is 1. The lowest BCUT2D eigenvalue weighted by Crippen LogP contribution is -2.36. The molecule has 0 radical (unpaired) electrons. The normalized spacial score (nSPS) is 24.8. The first-order valence-corrected chi connectivity index (χ1v) is 6.40. The van der Waals surface area contributed by atoms with E-state index in [9.17, 15) is 4.39 Å². The van der Waals surface area contributed by atoms with E-state index < -0.39 is 0 Å². The predicted octanol–water partition coefficient (Wildman–Crippen LogP) is 3.05. The summed E-state index contributed by atoms with van der Waals surface area (Å²) in [6, 6.07) is 7.17. The van der Waals surface area contributed by atoms with Crippen molar-refractivity contribution in [3.8, 4) is 0 Å². The minimum absolute atomic E-state index is 0.110. The van der Waals surface area contributed by atoms with Gasteiger partial charge in [0.15, 0.2) is 0 Å². The summed E-state index contributed by atoms with van der Waals surface area (Å²) in [4.78, 5) is 0. The monoisotopic (exact) mass is 237 g/mol. The molecule has 2 unspecified atom stereocenters. The first kappa shape index (κ1) is 12.5. The summed E-state index contributed by atoms with van der Waals surface area (Å²) < 4.78 is 18.6. The lowest BCUT2D eigenvalue weighted by molar-refractivity contribution is 0.000326. The van der Waals surface area contributed by atoms with Gasteiger partial charge in [0.25, 0.3) is 0 Å². The molecule has 2 atom stereocenters. The van der Waals surface area contributed by atoms with Crippen molar-refractivity contribution < 1.29 is 9.13 Å². The second-order valence-electron chi connectivity index (χ2n) is 4.59. The Kier molecular flexibility index (Phi) is 4.51. The molecule has 17 heavy (non-hydrogen) atoms. The molecule has 1 aliphatic heterocycles. The third-order valence-electron chi connectivity index (χ3n) is 3.21. The number of hydrogen-bond donors (Lipinski definition) is 1. The van der Waals surface area contributed by atoms with Crippen LogP contribution in [0.25, 0.3) is 0 Å². The highest BCUT2D eigenvalue weighted by molar-refractivity contribution is 5.19. The molecule has 2 rings (SSSR count). The van der Waals surface area contributed by atoms with Gasteiger partial charge in [0.1, 0.15) is 5.82 Å². The molecule has 1 heterocycles. The zero-order chi connectivity index (χ0) is 12.1. The standard InChI is InChI=1S/C14H20FNO/c1-2-8-16-13-7-9-17-14(10-13)11-3-5-12(15)6-4-11/h3-6,13-14,16H,2,7-10H2,1H3. The molecule has 94 valence electrons. The maximum Gasteiger partial charge on any atom is 0.123 e. The first-order valence-electron chi connectivity index (χ1n) is 6.40. The van der Waals surface area contributed by atoms with E-state index in [2.05, 4.69) is 12.2 Å². The molecule has 0 aliphatic carbocycles. The van der Waals surface area contributed by atoms with Gasteiger partial charge in [-0.2, -0.15) is 0 Å². The summed E-state index contributed by atoms with van der Waals surface area (Å²) in [7, 11) is 0. The molecular weight excluding hydrogens is 217 g/mol. The molecule has 2 nitrogen and oxygen atoms in total. The summed E-state index contributed by atoms with van der Waals surface area (Å²) >= 11 is 0. The predicted molar refractivity (Wildman–Crippen MR) is 66.4 cm³/mol. The van der Waals surface area contributed by atoms with Crippen LogP contribution in [0.3, 0.4) is 0 Å². The molecule has 0 bridgehead atoms. The molecule has 0 aromatic heterocycles. The molecular formula is C14H20FNO. The van der Waals surface area contributed by atoms with Gasteiger partial charge in [0.05, 0.1) is 6.10 Å². The topological polar surface area (TPSA) is 21.3 Å². The van der Waals surface area contributed by atoms with E-state index in [1.807, 2.05) is 12.1 Å². The number of hydrogen-bond acceptors (Lipinski definition) is 2. The van der Waals surface area contributed by atoms with Gasteiger partial charge < -0.3 is 10.1 Å². The number of ether oxygens (including phenoxy) is 1. The van der Waals surface area contributed by atoms with Crippen molar-refractivity contribution in [3.05, 3.63) is 35.6 Å². The number of rotatable bonds is 4. The van der Waals surface area contributed by atoms with Crippen molar-refractivity contribution in [2.24, 2.45) is 0 Å². The van der Waals surface area contributed by atoms with Gasteiger partial charge in [-0.15, -0.1) is 0 Å². The van der Waals surface area contributed by atoms with Crippen LogP contribution in [-0.2, 0) is 4.74 Å². The van der Waals surface area contributed by atoms with Crippen molar-refractivity contribution in [2.75, 3.05) is 13.2 Å². The smallest absolute Gasteiger partial charge is 0.123 e. The largest absolute Gasteiger partial charge is 0.373 e. The van der Waals surface area contributed by atoms with Crippen LogP contribution in [-0.4, -0.2) is 19.2 Å². The Morgan fingerprint density at radius 2 is 2.12 bits per heavy atom. The van der Waals surface area contributed by atoms with Crippen LogP contribution in [0.15, 0.2) is 24.3 Å². The maximum atomic E-state index is 12.8. The van der Waals surface area contributed by atoms with Gasteiger partial charge in [0, 0.05) is 12.6 Å². The van der Waals surface area contributed by atoms with Crippen molar-refractivity contribution in [3.63, 3.8) is 0 Å². The fourth-order valence-corrected chi connectivity index (χ4v) is 2.24. The fourth-order valence-electron chi connectivity index (χ4n) is 2.24. The van der Waals surface area contributed by atoms with Crippen molar-refractivity contribution in [1.82, 2.24) is 5.32 Å². The third-order valence-corrected chi connectivity index (χ3v) is 3.21. The summed E-state index contributed by atoms with van der Waals surface area (Å²) in [5, 5.41) is 3.53. The Hall–Kier alpha value is -0.930. The third kappa shape index (κ3) is 3.51. The van der Waals surface area contributed by atoms with E-state index in [4.69, 9.17) is 4.74 Å². The molecule has 0 saturated carbocycles. The van der Waals surface area contributed by atoms with Gasteiger partial charge in [-0.05, 0) is 43.5 Å². The molecule has 1 N–H and O–H groups in total. The average molecular weight is 237 g/mol. The van der Waals surface area contributed by atoms with Gasteiger partial charge in [-0.25, -0.2) is 4.39 Å². The lowest BCUT2D eigenvalue weighted by atomic mass is 9.97. The Labute approximate surface area is 102 Å². The fraction of sp³-hybridized carbons (Fsp3) is 0.571. The minimum atomic E-state index is -0.190. The zero-order valence-corrected chi connectivity index (χ0v) is 10.3. The van der Waals surface area contributed by atoms with Crippen LogP contribution in [0.4, 0.5) is 4.39 Å². The van der Waals surface area contributed by atoms with Crippen LogP contribution in [0.5, 0.6) is 0 Å². The molecule has 1 aromatic rings. The average Bonchev–Trinajstić information content (AvgIpc) is 2.37. The van der Waals surface area contributed by atoms with Gasteiger partial charge in [0.2, 0.25) is 0 Å². The quantitative estimate of drug-likeness (QED) is 0.869. The Bertz CT molecular complexity index is 339. The van der Waals surface area contributed by atoms with Crippen molar-refractivity contribution >= 4 is 0 Å². The summed E-state index contributed by atoms with van der Waals surface area (Å²) in [6.45, 7) is 4.01. The summed E-state index contributed by atoms with van der Waals surface area (Å²) in [5.74, 6) is -0.190. The Morgan fingerprint density at radius 1 is 1.35 bits per heavy atom. The molecule has 0 amide bonds. The highest BCUT2D eigenvalue weighted by atomic mass is 19.1. The van der Waals surface area contributed by atoms with E-state index in [1.54, 1.807) is 0 Å². The van der Waals surface area contributed by atoms with Crippen molar-refractivity contribution in [1.29, 1.82) is 0 Å². The van der Waals surface area contributed by atoms with E-state index >= 15 is 0 Å². The second kappa shape index (κ2) is 6.12. The highest BCUT2D eigenvalue weighted by Gasteiger charge is 2.23. The van der Waals surface area contributed by atoms with E-state index in [1.165, 1.54) is 12.1 Å². The summed E-state index contributed by atoms with van der Waals surface area (Å²) in [6.07, 6.45) is 3.31. The molecule has 1 aromatic carbocycles. The second-order valence-corrected chi connectivity index (χ2v) is 4.59. The van der Waals surface area contributed by atoms with Gasteiger partial charge >= 0.3 is 0 Å². The summed E-state index contributed by atoms with van der Waals surface area (Å²) in [5.41, 5.74) is 1.08. The highest BCUT2D eigenvalue weighted by Crippen LogP contribution is 2.28. The van der Waals surface area contributed by atoms with E-state index in [-0.39, 0.29) is 11.9 Å². The maximum absolute atomic E-state index is 12.8. The van der Waals surface area contributed by atoms with Crippen molar-refractivity contribution in [2.45, 2.75) is 38.3 Å². The zero-order valence-electron chi connectivity index (χ0n) is 10.3. The molecule has 1 saturated heterocycles. The van der Waals surface area contributed by atoms with Crippen LogP contribution in [0.2, 0.25) is 0 Å². The molecule has 0 spiro atoms. The number of benzene rings is 1. The van der Waals surface area contributed by atoms with E-state index in [0.717, 1.165) is 38.0 Å². The SMILES string of the molecule is CCCNC1CCOC(c2ccc(F)cc2)C1. The van der Waals surface area contributed by atoms with Crippen LogP contribution < -0.4 is 5.32 Å². The minimum Gasteiger partial charge on any atom is -0.373 e. The Morgan fingerprint density at radius 3 is 2.82 bits per heavy atom. The molecule has 3 heteroatoms. The first-order chi connectivity index (χ1) is 8.29. The molecule has 1 fully saturated rings. The number of nitrogens with one attached hydrogen (secondary N) is 1. The molecule has 1 aliphatic rings. The van der Waals surface area contributed by atoms with Crippen LogP contribution in [0, 0.1) is 5.82 Å². The van der Waals surface area contributed by atoms with Gasteiger partial charge in [-0.3, -0.25) is 0 Å². The Balaban J connectivity index is 1.94. The lowest BCUT2D eigenvalue weighted by Gasteiger charge is -2.30. The van der Waals surface area contributed by atoms with Crippen LogP contribution in [0.1, 0.15) is 37.9 Å². The van der Waals surface area contributed by atoms with Gasteiger partial charge in [-0.1, -0.05) is 19.1 Å². The van der Waals surface area contributed by atoms with Crippen LogP contribution >= 0.6 is 0 Å².